The molecule has 1 N–H and O–H groups in total. The molecule has 1 fully saturated rings. The van der Waals surface area contributed by atoms with Crippen LogP contribution in [0.5, 0.6) is 0 Å². The van der Waals surface area contributed by atoms with E-state index in [1.807, 2.05) is 36.1 Å². The average molecular weight is 327 g/mol. The average Bonchev–Trinajstić information content (AvgIpc) is 2.52. The van der Waals surface area contributed by atoms with Gasteiger partial charge in [-0.05, 0) is 13.0 Å². The first-order valence-electron chi connectivity index (χ1n) is 7.48. The number of methoxy groups -OCH3 is 1. The van der Waals surface area contributed by atoms with Crippen LogP contribution in [-0.2, 0) is 14.3 Å². The Morgan fingerprint density at radius 3 is 3.00 bits per heavy atom. The van der Waals surface area contributed by atoms with Gasteiger partial charge in [0.25, 0.3) is 0 Å². The lowest BCUT2D eigenvalue weighted by Crippen LogP contribution is -2.51. The van der Waals surface area contributed by atoms with Crippen LogP contribution in [0.15, 0.2) is 24.3 Å². The third kappa shape index (κ3) is 4.43. The standard InChI is InChI=1S/C16H23ClN2O3/c1-12-11-22-15(13-5-3-4-6-14(13)17)10-19(12)16(20)9-18-7-8-21-2/h3-6,12,15,18H,7-11H2,1-2H3/t12-,15+/m1/s1. The zero-order valence-electron chi connectivity index (χ0n) is 13.0. The number of benzene rings is 1. The Hall–Kier alpha value is -1.14. The third-order valence-electron chi connectivity index (χ3n) is 3.76. The molecule has 122 valence electrons. The lowest BCUT2D eigenvalue weighted by molar-refractivity contribution is -0.143. The minimum absolute atomic E-state index is 0.0652. The van der Waals surface area contributed by atoms with Crippen molar-refractivity contribution in [3.05, 3.63) is 34.9 Å². The second-order valence-electron chi connectivity index (χ2n) is 5.41. The summed E-state index contributed by atoms with van der Waals surface area (Å²) in [6.45, 7) is 4.59. The highest BCUT2D eigenvalue weighted by molar-refractivity contribution is 6.31. The van der Waals surface area contributed by atoms with Gasteiger partial charge in [0.1, 0.15) is 6.10 Å². The Morgan fingerprint density at radius 2 is 2.27 bits per heavy atom. The van der Waals surface area contributed by atoms with Gasteiger partial charge >= 0.3 is 0 Å². The van der Waals surface area contributed by atoms with Crippen LogP contribution in [-0.4, -0.2) is 56.8 Å². The quantitative estimate of drug-likeness (QED) is 0.811. The van der Waals surface area contributed by atoms with Gasteiger partial charge in [0.05, 0.1) is 32.3 Å². The maximum atomic E-state index is 12.4. The van der Waals surface area contributed by atoms with Crippen molar-refractivity contribution in [1.29, 1.82) is 0 Å². The second-order valence-corrected chi connectivity index (χ2v) is 5.82. The molecule has 2 rings (SSSR count). The van der Waals surface area contributed by atoms with Crippen LogP contribution >= 0.6 is 11.6 Å². The molecule has 0 aromatic heterocycles. The number of carbonyl (C=O) groups excluding carboxylic acids is 1. The topological polar surface area (TPSA) is 50.8 Å². The summed E-state index contributed by atoms with van der Waals surface area (Å²) in [4.78, 5) is 14.2. The van der Waals surface area contributed by atoms with Crippen molar-refractivity contribution < 1.29 is 14.3 Å². The first kappa shape index (κ1) is 17.2. The molecule has 1 saturated heterocycles. The fraction of sp³-hybridized carbons (Fsp3) is 0.562. The molecule has 1 heterocycles. The Balaban J connectivity index is 1.96. The van der Waals surface area contributed by atoms with Gasteiger partial charge in [-0.15, -0.1) is 0 Å². The van der Waals surface area contributed by atoms with Gasteiger partial charge in [0, 0.05) is 24.2 Å². The SMILES string of the molecule is COCCNCC(=O)N1C[C@@H](c2ccccc2Cl)OC[C@H]1C. The van der Waals surface area contributed by atoms with Gasteiger partial charge < -0.3 is 19.7 Å². The molecule has 1 aliphatic heterocycles. The van der Waals surface area contributed by atoms with Crippen LogP contribution in [0.2, 0.25) is 5.02 Å². The highest BCUT2D eigenvalue weighted by Crippen LogP contribution is 2.29. The Morgan fingerprint density at radius 1 is 1.50 bits per heavy atom. The molecule has 0 saturated carbocycles. The maximum Gasteiger partial charge on any atom is 0.236 e. The van der Waals surface area contributed by atoms with Crippen LogP contribution in [0.1, 0.15) is 18.6 Å². The van der Waals surface area contributed by atoms with Crippen LogP contribution in [0, 0.1) is 0 Å². The van der Waals surface area contributed by atoms with E-state index in [1.54, 1.807) is 7.11 Å². The predicted molar refractivity (Wildman–Crippen MR) is 86.1 cm³/mol. The summed E-state index contributed by atoms with van der Waals surface area (Å²) >= 11 is 6.23. The molecular formula is C16H23ClN2O3. The molecule has 22 heavy (non-hydrogen) atoms. The summed E-state index contributed by atoms with van der Waals surface area (Å²) in [5.74, 6) is 0.0731. The Kier molecular flexibility index (Phi) is 6.64. The van der Waals surface area contributed by atoms with E-state index >= 15 is 0 Å². The van der Waals surface area contributed by atoms with E-state index in [1.165, 1.54) is 0 Å². The lowest BCUT2D eigenvalue weighted by atomic mass is 10.1. The summed E-state index contributed by atoms with van der Waals surface area (Å²) in [6, 6.07) is 7.68. The Bertz CT molecular complexity index is 498. The highest BCUT2D eigenvalue weighted by atomic mass is 35.5. The number of ether oxygens (including phenoxy) is 2. The van der Waals surface area contributed by atoms with E-state index in [0.717, 1.165) is 5.56 Å². The van der Waals surface area contributed by atoms with Crippen molar-refractivity contribution in [2.45, 2.75) is 19.1 Å². The lowest BCUT2D eigenvalue weighted by Gasteiger charge is -2.38. The maximum absolute atomic E-state index is 12.4. The molecule has 0 unspecified atom stereocenters. The molecule has 1 amide bonds. The number of carbonyl (C=O) groups is 1. The molecule has 2 atom stereocenters. The number of hydrogen-bond donors (Lipinski definition) is 1. The van der Waals surface area contributed by atoms with Crippen molar-refractivity contribution in [3.8, 4) is 0 Å². The summed E-state index contributed by atoms with van der Waals surface area (Å²) < 4.78 is 10.8. The number of nitrogens with one attached hydrogen (secondary N) is 1. The van der Waals surface area contributed by atoms with E-state index in [0.29, 0.717) is 37.9 Å². The van der Waals surface area contributed by atoms with Crippen LogP contribution in [0.4, 0.5) is 0 Å². The van der Waals surface area contributed by atoms with E-state index in [4.69, 9.17) is 21.1 Å². The monoisotopic (exact) mass is 326 g/mol. The van der Waals surface area contributed by atoms with Gasteiger partial charge in [0.2, 0.25) is 5.91 Å². The van der Waals surface area contributed by atoms with E-state index < -0.39 is 0 Å². The number of rotatable bonds is 6. The van der Waals surface area contributed by atoms with Gasteiger partial charge in [-0.25, -0.2) is 0 Å². The zero-order chi connectivity index (χ0) is 15.9. The van der Waals surface area contributed by atoms with Crippen molar-refractivity contribution in [2.24, 2.45) is 0 Å². The second kappa shape index (κ2) is 8.48. The number of halogens is 1. The highest BCUT2D eigenvalue weighted by Gasteiger charge is 2.30. The van der Waals surface area contributed by atoms with Gasteiger partial charge in [-0.2, -0.15) is 0 Å². The van der Waals surface area contributed by atoms with Gasteiger partial charge in [-0.1, -0.05) is 29.8 Å². The molecule has 6 heteroatoms. The third-order valence-corrected chi connectivity index (χ3v) is 4.11. The first-order valence-corrected chi connectivity index (χ1v) is 7.86. The van der Waals surface area contributed by atoms with E-state index in [2.05, 4.69) is 5.32 Å². The molecule has 1 aliphatic rings. The van der Waals surface area contributed by atoms with Gasteiger partial charge in [0.15, 0.2) is 0 Å². The van der Waals surface area contributed by atoms with Crippen molar-refractivity contribution >= 4 is 17.5 Å². The summed E-state index contributed by atoms with van der Waals surface area (Å²) in [5.41, 5.74) is 0.932. The van der Waals surface area contributed by atoms with Crippen LogP contribution in [0.3, 0.4) is 0 Å². The van der Waals surface area contributed by atoms with Crippen molar-refractivity contribution in [2.75, 3.05) is 40.0 Å². The Labute approximate surface area is 136 Å². The molecule has 0 radical (unpaired) electrons. The summed E-state index contributed by atoms with van der Waals surface area (Å²) in [5, 5.41) is 3.76. The molecule has 0 aliphatic carbocycles. The number of hydrogen-bond acceptors (Lipinski definition) is 4. The molecule has 0 bridgehead atoms. The largest absolute Gasteiger partial charge is 0.383 e. The number of nitrogens with zero attached hydrogens (tertiary/aromatic N) is 1. The van der Waals surface area contributed by atoms with Crippen molar-refractivity contribution in [1.82, 2.24) is 10.2 Å². The number of amides is 1. The normalized spacial score (nSPS) is 21.9. The summed E-state index contributed by atoms with van der Waals surface area (Å²) in [7, 11) is 1.64. The summed E-state index contributed by atoms with van der Waals surface area (Å²) in [6.07, 6.45) is -0.173. The molecule has 1 aromatic carbocycles. The predicted octanol–water partition coefficient (Wildman–Crippen LogP) is 1.86. The number of morpholine rings is 1. The molecule has 5 nitrogen and oxygen atoms in total. The van der Waals surface area contributed by atoms with E-state index in [9.17, 15) is 4.79 Å². The molecular weight excluding hydrogens is 304 g/mol. The fourth-order valence-electron chi connectivity index (χ4n) is 2.50. The smallest absolute Gasteiger partial charge is 0.236 e. The molecule has 0 spiro atoms. The minimum atomic E-state index is -0.173. The van der Waals surface area contributed by atoms with E-state index in [-0.39, 0.29) is 18.1 Å². The van der Waals surface area contributed by atoms with Crippen LogP contribution < -0.4 is 5.32 Å². The zero-order valence-corrected chi connectivity index (χ0v) is 13.8. The fourth-order valence-corrected chi connectivity index (χ4v) is 2.76. The minimum Gasteiger partial charge on any atom is -0.383 e. The molecule has 1 aromatic rings. The first-order chi connectivity index (χ1) is 10.6. The van der Waals surface area contributed by atoms with Crippen LogP contribution in [0.25, 0.3) is 0 Å². The van der Waals surface area contributed by atoms with Gasteiger partial charge in [-0.3, -0.25) is 4.79 Å². The van der Waals surface area contributed by atoms with Crippen molar-refractivity contribution in [3.63, 3.8) is 0 Å².